The summed E-state index contributed by atoms with van der Waals surface area (Å²) in [6.07, 6.45) is 1.35. The summed E-state index contributed by atoms with van der Waals surface area (Å²) in [5, 5.41) is 20.4. The summed E-state index contributed by atoms with van der Waals surface area (Å²) in [7, 11) is 0. The SMILES string of the molecule is C=C[C@H](N)c1c([N+](=O)[O-])ccc(C)c1O.Cl. The maximum absolute atomic E-state index is 10.7. The first kappa shape index (κ1) is 14.4. The van der Waals surface area contributed by atoms with E-state index in [1.165, 1.54) is 18.2 Å². The number of nitrogens with two attached hydrogens (primary N) is 1. The van der Waals surface area contributed by atoms with Crippen molar-refractivity contribution in [3.05, 3.63) is 46.0 Å². The van der Waals surface area contributed by atoms with Gasteiger partial charge in [0.1, 0.15) is 5.75 Å². The molecule has 0 spiro atoms. The summed E-state index contributed by atoms with van der Waals surface area (Å²) >= 11 is 0. The third-order valence-corrected chi connectivity index (χ3v) is 2.18. The van der Waals surface area contributed by atoms with E-state index in [9.17, 15) is 15.2 Å². The molecule has 1 aromatic rings. The van der Waals surface area contributed by atoms with Gasteiger partial charge in [-0.2, -0.15) is 0 Å². The van der Waals surface area contributed by atoms with Crippen LogP contribution in [0.1, 0.15) is 17.2 Å². The summed E-state index contributed by atoms with van der Waals surface area (Å²) < 4.78 is 0. The van der Waals surface area contributed by atoms with Gasteiger partial charge in [0.15, 0.2) is 0 Å². The van der Waals surface area contributed by atoms with Crippen molar-refractivity contribution in [3.63, 3.8) is 0 Å². The third kappa shape index (κ3) is 2.50. The summed E-state index contributed by atoms with van der Waals surface area (Å²) in [5.41, 5.74) is 6.09. The van der Waals surface area contributed by atoms with Gasteiger partial charge in [-0.15, -0.1) is 19.0 Å². The molecule has 6 heteroatoms. The summed E-state index contributed by atoms with van der Waals surface area (Å²) in [4.78, 5) is 10.1. The van der Waals surface area contributed by atoms with E-state index >= 15 is 0 Å². The molecule has 0 unspecified atom stereocenters. The second-order valence-corrected chi connectivity index (χ2v) is 3.18. The zero-order chi connectivity index (χ0) is 11.6. The van der Waals surface area contributed by atoms with Crippen LogP contribution in [0.3, 0.4) is 0 Å². The first-order valence-electron chi connectivity index (χ1n) is 4.34. The van der Waals surface area contributed by atoms with E-state index in [-0.39, 0.29) is 29.4 Å². The van der Waals surface area contributed by atoms with Crippen molar-refractivity contribution in [2.45, 2.75) is 13.0 Å². The Morgan fingerprint density at radius 1 is 1.62 bits per heavy atom. The molecule has 0 saturated carbocycles. The van der Waals surface area contributed by atoms with E-state index in [2.05, 4.69) is 6.58 Å². The normalized spacial score (nSPS) is 11.4. The standard InChI is InChI=1S/C10H12N2O3.ClH/c1-3-7(11)9-8(12(14)15)5-4-6(2)10(9)13;/h3-5,7,13H,1,11H2,2H3;1H/t7-;/m0./s1. The second kappa shape index (κ2) is 5.48. The minimum absolute atomic E-state index is 0. The number of rotatable bonds is 3. The Balaban J connectivity index is 0.00000225. The van der Waals surface area contributed by atoms with E-state index in [0.29, 0.717) is 5.56 Å². The highest BCUT2D eigenvalue weighted by molar-refractivity contribution is 5.85. The molecular formula is C10H13ClN2O3. The minimum Gasteiger partial charge on any atom is -0.507 e. The lowest BCUT2D eigenvalue weighted by atomic mass is 10.0. The molecule has 0 aliphatic heterocycles. The number of benzene rings is 1. The number of phenols is 1. The van der Waals surface area contributed by atoms with Gasteiger partial charge in [-0.1, -0.05) is 6.08 Å². The van der Waals surface area contributed by atoms with Gasteiger partial charge < -0.3 is 10.8 Å². The maximum Gasteiger partial charge on any atom is 0.278 e. The van der Waals surface area contributed by atoms with Gasteiger partial charge in [0, 0.05) is 6.07 Å². The van der Waals surface area contributed by atoms with Crippen molar-refractivity contribution >= 4 is 18.1 Å². The number of phenolic OH excluding ortho intramolecular Hbond substituents is 1. The van der Waals surface area contributed by atoms with Crippen molar-refractivity contribution in [3.8, 4) is 5.75 Å². The predicted molar refractivity (Wildman–Crippen MR) is 63.9 cm³/mol. The van der Waals surface area contributed by atoms with Crippen LogP contribution in [0.4, 0.5) is 5.69 Å². The van der Waals surface area contributed by atoms with Gasteiger partial charge in [0.2, 0.25) is 0 Å². The first-order valence-corrected chi connectivity index (χ1v) is 4.34. The van der Waals surface area contributed by atoms with Gasteiger partial charge in [-0.05, 0) is 18.6 Å². The number of nitrogens with zero attached hydrogens (tertiary/aromatic N) is 1. The number of nitro groups is 1. The van der Waals surface area contributed by atoms with Gasteiger partial charge in [-0.3, -0.25) is 10.1 Å². The zero-order valence-corrected chi connectivity index (χ0v) is 9.53. The van der Waals surface area contributed by atoms with Crippen molar-refractivity contribution in [2.24, 2.45) is 5.73 Å². The van der Waals surface area contributed by atoms with Crippen LogP contribution in [0.15, 0.2) is 24.8 Å². The summed E-state index contributed by atoms with van der Waals surface area (Å²) in [5.74, 6) is -0.142. The summed E-state index contributed by atoms with van der Waals surface area (Å²) in [6.45, 7) is 5.10. The molecular weight excluding hydrogens is 232 g/mol. The van der Waals surface area contributed by atoms with Gasteiger partial charge in [-0.25, -0.2) is 0 Å². The largest absolute Gasteiger partial charge is 0.507 e. The van der Waals surface area contributed by atoms with E-state index in [1.807, 2.05) is 0 Å². The third-order valence-electron chi connectivity index (χ3n) is 2.18. The Bertz CT molecular complexity index is 421. The molecule has 0 saturated heterocycles. The van der Waals surface area contributed by atoms with Crippen molar-refractivity contribution in [1.82, 2.24) is 0 Å². The molecule has 0 bridgehead atoms. The van der Waals surface area contributed by atoms with Crippen LogP contribution in [-0.4, -0.2) is 10.0 Å². The number of halogens is 1. The number of hydrogen-bond acceptors (Lipinski definition) is 4. The molecule has 16 heavy (non-hydrogen) atoms. The fourth-order valence-corrected chi connectivity index (χ4v) is 1.31. The fraction of sp³-hybridized carbons (Fsp3) is 0.200. The monoisotopic (exact) mass is 244 g/mol. The zero-order valence-electron chi connectivity index (χ0n) is 8.71. The van der Waals surface area contributed by atoms with Crippen LogP contribution in [0.25, 0.3) is 0 Å². The molecule has 0 radical (unpaired) electrons. The lowest BCUT2D eigenvalue weighted by molar-refractivity contribution is -0.385. The molecule has 1 rings (SSSR count). The van der Waals surface area contributed by atoms with Crippen LogP contribution in [0.5, 0.6) is 5.75 Å². The predicted octanol–water partition coefficient (Wildman–Crippen LogP) is 2.22. The van der Waals surface area contributed by atoms with Crippen LogP contribution >= 0.6 is 12.4 Å². The molecule has 0 aromatic heterocycles. The summed E-state index contributed by atoms with van der Waals surface area (Å²) in [6, 6.07) is 2.06. The molecule has 0 aliphatic rings. The quantitative estimate of drug-likeness (QED) is 0.485. The van der Waals surface area contributed by atoms with Gasteiger partial charge in [0.25, 0.3) is 5.69 Å². The first-order chi connectivity index (χ1) is 6.99. The van der Waals surface area contributed by atoms with Crippen LogP contribution in [-0.2, 0) is 0 Å². The van der Waals surface area contributed by atoms with Crippen LogP contribution in [0, 0.1) is 17.0 Å². The molecule has 3 N–H and O–H groups in total. The molecule has 0 amide bonds. The molecule has 88 valence electrons. The van der Waals surface area contributed by atoms with Gasteiger partial charge in [0.05, 0.1) is 16.5 Å². The van der Waals surface area contributed by atoms with E-state index < -0.39 is 11.0 Å². The molecule has 0 aliphatic carbocycles. The smallest absolute Gasteiger partial charge is 0.278 e. The highest BCUT2D eigenvalue weighted by Gasteiger charge is 2.22. The average molecular weight is 245 g/mol. The second-order valence-electron chi connectivity index (χ2n) is 3.18. The Morgan fingerprint density at radius 2 is 2.19 bits per heavy atom. The average Bonchev–Trinajstić information content (AvgIpc) is 2.20. The number of aromatic hydroxyl groups is 1. The lowest BCUT2D eigenvalue weighted by Crippen LogP contribution is -2.10. The van der Waals surface area contributed by atoms with Crippen molar-refractivity contribution < 1.29 is 10.0 Å². The topological polar surface area (TPSA) is 89.4 Å². The van der Waals surface area contributed by atoms with E-state index in [0.717, 1.165) is 0 Å². The minimum atomic E-state index is -0.745. The fourth-order valence-electron chi connectivity index (χ4n) is 1.31. The lowest BCUT2D eigenvalue weighted by Gasteiger charge is -2.11. The Kier molecular flexibility index (Phi) is 4.94. The molecule has 5 nitrogen and oxygen atoms in total. The Hall–Kier alpha value is -1.59. The van der Waals surface area contributed by atoms with E-state index in [1.54, 1.807) is 6.92 Å². The van der Waals surface area contributed by atoms with Crippen LogP contribution < -0.4 is 5.73 Å². The van der Waals surface area contributed by atoms with Gasteiger partial charge >= 0.3 is 0 Å². The highest BCUT2D eigenvalue weighted by atomic mass is 35.5. The number of aryl methyl sites for hydroxylation is 1. The molecule has 0 fully saturated rings. The Morgan fingerprint density at radius 3 is 2.62 bits per heavy atom. The molecule has 1 aromatic carbocycles. The highest BCUT2D eigenvalue weighted by Crippen LogP contribution is 2.34. The molecule has 1 atom stereocenters. The number of hydrogen-bond donors (Lipinski definition) is 2. The van der Waals surface area contributed by atoms with Crippen LogP contribution in [0.2, 0.25) is 0 Å². The maximum atomic E-state index is 10.7. The van der Waals surface area contributed by atoms with Crippen molar-refractivity contribution in [1.29, 1.82) is 0 Å². The van der Waals surface area contributed by atoms with Crippen molar-refractivity contribution in [2.75, 3.05) is 0 Å². The van der Waals surface area contributed by atoms with E-state index in [4.69, 9.17) is 5.73 Å². The Labute approximate surface area is 99.1 Å². The molecule has 0 heterocycles. The number of nitro benzene ring substituents is 1.